The molecule has 2 N–H and O–H groups in total. The predicted molar refractivity (Wildman–Crippen MR) is 62.6 cm³/mol. The maximum Gasteiger partial charge on any atom is 0.341 e. The number of nitrogens with two attached hydrogens (primary N) is 1. The largest absolute Gasteiger partial charge is 0.462 e. The van der Waals surface area contributed by atoms with Gasteiger partial charge in [0.05, 0.1) is 24.9 Å². The topological polar surface area (TPSA) is 61.5 Å². The van der Waals surface area contributed by atoms with Gasteiger partial charge in [-0.05, 0) is 19.4 Å². The van der Waals surface area contributed by atoms with Crippen molar-refractivity contribution in [1.29, 1.82) is 0 Å². The molecule has 0 bridgehead atoms. The third-order valence-electron chi connectivity index (χ3n) is 2.59. The van der Waals surface area contributed by atoms with Gasteiger partial charge < -0.3 is 15.2 Å². The molecule has 0 amide bonds. The van der Waals surface area contributed by atoms with Crippen LogP contribution in [0.15, 0.2) is 0 Å². The van der Waals surface area contributed by atoms with Gasteiger partial charge in [0.2, 0.25) is 0 Å². The van der Waals surface area contributed by atoms with Crippen LogP contribution in [-0.4, -0.2) is 18.7 Å². The van der Waals surface area contributed by atoms with E-state index in [2.05, 4.69) is 0 Å². The van der Waals surface area contributed by atoms with Crippen molar-refractivity contribution in [3.05, 3.63) is 16.0 Å². The molecule has 5 heteroatoms. The van der Waals surface area contributed by atoms with Crippen LogP contribution in [0, 0.1) is 0 Å². The second-order valence-corrected chi connectivity index (χ2v) is 4.93. The lowest BCUT2D eigenvalue weighted by molar-refractivity contribution is 0.0414. The Kier molecular flexibility index (Phi) is 3.16. The molecule has 0 aromatic carbocycles. The molecule has 1 aromatic rings. The van der Waals surface area contributed by atoms with Crippen molar-refractivity contribution in [1.82, 2.24) is 0 Å². The van der Waals surface area contributed by atoms with Crippen molar-refractivity contribution in [2.24, 2.45) is 0 Å². The number of nitrogen functional groups attached to an aromatic ring is 1. The first-order valence-corrected chi connectivity index (χ1v) is 6.13. The van der Waals surface area contributed by atoms with Gasteiger partial charge in [0.15, 0.2) is 0 Å². The van der Waals surface area contributed by atoms with Crippen LogP contribution in [0.3, 0.4) is 0 Å². The number of anilines is 1. The van der Waals surface area contributed by atoms with Crippen LogP contribution >= 0.6 is 11.3 Å². The highest BCUT2D eigenvalue weighted by Crippen LogP contribution is 2.36. The molecule has 0 spiro atoms. The molecule has 1 atom stereocenters. The highest BCUT2D eigenvalue weighted by Gasteiger charge is 2.27. The Bertz CT molecular complexity index is 414. The average Bonchev–Trinajstić information content (AvgIpc) is 2.53. The smallest absolute Gasteiger partial charge is 0.341 e. The summed E-state index contributed by atoms with van der Waals surface area (Å²) in [5.74, 6) is -0.313. The number of carbonyl (C=O) groups excluding carboxylic acids is 1. The Morgan fingerprint density at radius 3 is 3.12 bits per heavy atom. The molecular formula is C11H15NO3S. The first kappa shape index (κ1) is 11.4. The van der Waals surface area contributed by atoms with E-state index in [0.29, 0.717) is 23.8 Å². The van der Waals surface area contributed by atoms with Gasteiger partial charge in [0, 0.05) is 11.3 Å². The fourth-order valence-electron chi connectivity index (χ4n) is 1.86. The third kappa shape index (κ3) is 1.92. The number of carbonyl (C=O) groups is 1. The van der Waals surface area contributed by atoms with Crippen LogP contribution in [0.25, 0.3) is 0 Å². The maximum atomic E-state index is 11.8. The fourth-order valence-corrected chi connectivity index (χ4v) is 2.87. The van der Waals surface area contributed by atoms with Crippen molar-refractivity contribution in [2.45, 2.75) is 33.0 Å². The minimum Gasteiger partial charge on any atom is -0.462 e. The molecule has 0 fully saturated rings. The minimum absolute atomic E-state index is 0.134. The zero-order valence-corrected chi connectivity index (χ0v) is 10.2. The summed E-state index contributed by atoms with van der Waals surface area (Å²) in [6.07, 6.45) is 0.867. The van der Waals surface area contributed by atoms with E-state index in [0.717, 1.165) is 16.9 Å². The summed E-state index contributed by atoms with van der Waals surface area (Å²) in [4.78, 5) is 12.8. The second-order valence-electron chi connectivity index (χ2n) is 3.79. The summed E-state index contributed by atoms with van der Waals surface area (Å²) >= 11 is 1.42. The first-order chi connectivity index (χ1) is 7.63. The van der Waals surface area contributed by atoms with Crippen LogP contribution in [0.1, 0.15) is 34.6 Å². The number of thiophene rings is 1. The molecule has 1 aliphatic rings. The Labute approximate surface area is 98.3 Å². The zero-order valence-electron chi connectivity index (χ0n) is 9.41. The SMILES string of the molecule is CCOC(=O)c1c(N)sc2c1CC(C)OC2. The van der Waals surface area contributed by atoms with Crippen LogP contribution in [-0.2, 0) is 22.5 Å². The van der Waals surface area contributed by atoms with E-state index >= 15 is 0 Å². The number of hydrogen-bond donors (Lipinski definition) is 1. The van der Waals surface area contributed by atoms with Gasteiger partial charge in [-0.1, -0.05) is 0 Å². The van der Waals surface area contributed by atoms with Crippen LogP contribution in [0.4, 0.5) is 5.00 Å². The van der Waals surface area contributed by atoms with E-state index in [1.54, 1.807) is 6.92 Å². The quantitative estimate of drug-likeness (QED) is 0.804. The highest BCUT2D eigenvalue weighted by molar-refractivity contribution is 7.16. The number of esters is 1. The Hall–Kier alpha value is -1.07. The average molecular weight is 241 g/mol. The number of fused-ring (bicyclic) bond motifs is 1. The molecule has 0 aliphatic carbocycles. The van der Waals surface area contributed by atoms with E-state index in [1.807, 2.05) is 6.92 Å². The molecule has 16 heavy (non-hydrogen) atoms. The standard InChI is InChI=1S/C11H15NO3S/c1-3-14-11(13)9-7-4-6(2)15-5-8(7)16-10(9)12/h6H,3-5,12H2,1-2H3. The lowest BCUT2D eigenvalue weighted by atomic mass is 10.0. The molecule has 4 nitrogen and oxygen atoms in total. The summed E-state index contributed by atoms with van der Waals surface area (Å²) in [6.45, 7) is 4.70. The summed E-state index contributed by atoms with van der Waals surface area (Å²) in [5.41, 5.74) is 7.43. The summed E-state index contributed by atoms with van der Waals surface area (Å²) in [5, 5.41) is 0.543. The second kappa shape index (κ2) is 4.43. The molecule has 0 saturated heterocycles. The van der Waals surface area contributed by atoms with Crippen LogP contribution in [0.5, 0.6) is 0 Å². The van der Waals surface area contributed by atoms with Gasteiger partial charge >= 0.3 is 5.97 Å². The molecule has 1 aliphatic heterocycles. The molecule has 2 rings (SSSR count). The van der Waals surface area contributed by atoms with Crippen molar-refractivity contribution >= 4 is 22.3 Å². The van der Waals surface area contributed by atoms with Crippen LogP contribution in [0.2, 0.25) is 0 Å². The van der Waals surface area contributed by atoms with Gasteiger partial charge in [0.25, 0.3) is 0 Å². The molecular weight excluding hydrogens is 226 g/mol. The summed E-state index contributed by atoms with van der Waals surface area (Å²) < 4.78 is 10.5. The van der Waals surface area contributed by atoms with Crippen molar-refractivity contribution < 1.29 is 14.3 Å². The van der Waals surface area contributed by atoms with Gasteiger partial charge in [-0.2, -0.15) is 0 Å². The number of hydrogen-bond acceptors (Lipinski definition) is 5. The monoisotopic (exact) mass is 241 g/mol. The molecule has 2 heterocycles. The maximum absolute atomic E-state index is 11.8. The van der Waals surface area contributed by atoms with Gasteiger partial charge in [0.1, 0.15) is 5.00 Å². The Morgan fingerprint density at radius 1 is 1.69 bits per heavy atom. The van der Waals surface area contributed by atoms with Crippen molar-refractivity contribution in [3.63, 3.8) is 0 Å². The predicted octanol–water partition coefficient (Wildman–Crippen LogP) is 1.97. The van der Waals surface area contributed by atoms with Gasteiger partial charge in [-0.25, -0.2) is 4.79 Å². The van der Waals surface area contributed by atoms with Crippen molar-refractivity contribution in [3.8, 4) is 0 Å². The summed E-state index contributed by atoms with van der Waals surface area (Å²) in [7, 11) is 0. The lowest BCUT2D eigenvalue weighted by Gasteiger charge is -2.19. The molecule has 0 saturated carbocycles. The van der Waals surface area contributed by atoms with E-state index in [4.69, 9.17) is 15.2 Å². The number of rotatable bonds is 2. The Balaban J connectivity index is 2.37. The van der Waals surface area contributed by atoms with E-state index in [1.165, 1.54) is 11.3 Å². The summed E-state index contributed by atoms with van der Waals surface area (Å²) in [6, 6.07) is 0. The molecule has 1 aromatic heterocycles. The van der Waals surface area contributed by atoms with E-state index in [-0.39, 0.29) is 12.1 Å². The third-order valence-corrected chi connectivity index (χ3v) is 3.62. The zero-order chi connectivity index (χ0) is 11.7. The van der Waals surface area contributed by atoms with E-state index in [9.17, 15) is 4.79 Å². The van der Waals surface area contributed by atoms with E-state index < -0.39 is 0 Å². The normalized spacial score (nSPS) is 19.2. The molecule has 0 radical (unpaired) electrons. The highest BCUT2D eigenvalue weighted by atomic mass is 32.1. The van der Waals surface area contributed by atoms with Crippen molar-refractivity contribution in [2.75, 3.05) is 12.3 Å². The first-order valence-electron chi connectivity index (χ1n) is 5.32. The van der Waals surface area contributed by atoms with Gasteiger partial charge in [-0.15, -0.1) is 11.3 Å². The fraction of sp³-hybridized carbons (Fsp3) is 0.545. The Morgan fingerprint density at radius 2 is 2.44 bits per heavy atom. The lowest BCUT2D eigenvalue weighted by Crippen LogP contribution is -2.20. The number of ether oxygens (including phenoxy) is 2. The molecule has 1 unspecified atom stereocenters. The minimum atomic E-state index is -0.313. The molecule has 88 valence electrons. The van der Waals surface area contributed by atoms with Gasteiger partial charge in [-0.3, -0.25) is 0 Å². The van der Waals surface area contributed by atoms with Crippen LogP contribution < -0.4 is 5.73 Å².